The molecule has 1 aromatic carbocycles. The number of nitrogens with zero attached hydrogens (tertiary/aromatic N) is 1. The zero-order chi connectivity index (χ0) is 15.0. The molecule has 1 saturated heterocycles. The zero-order valence-electron chi connectivity index (χ0n) is 12.4. The molecule has 2 fully saturated rings. The summed E-state index contributed by atoms with van der Waals surface area (Å²) < 4.78 is 5.16. The Morgan fingerprint density at radius 2 is 2.29 bits per heavy atom. The number of benzene rings is 1. The monoisotopic (exact) mass is 308 g/mol. The second-order valence-electron chi connectivity index (χ2n) is 6.03. The van der Waals surface area contributed by atoms with E-state index in [0.29, 0.717) is 11.6 Å². The van der Waals surface area contributed by atoms with Gasteiger partial charge in [0.15, 0.2) is 0 Å². The molecule has 4 nitrogen and oxygen atoms in total. The van der Waals surface area contributed by atoms with Crippen LogP contribution in [-0.2, 0) is 9.53 Å². The molecule has 1 aliphatic carbocycles. The third-order valence-electron chi connectivity index (χ3n) is 4.46. The summed E-state index contributed by atoms with van der Waals surface area (Å²) in [6.45, 7) is 2.73. The van der Waals surface area contributed by atoms with Crippen LogP contribution in [0, 0.1) is 0 Å². The molecule has 1 amide bonds. The fourth-order valence-electron chi connectivity index (χ4n) is 3.04. The summed E-state index contributed by atoms with van der Waals surface area (Å²) in [5.74, 6) is 0.219. The van der Waals surface area contributed by atoms with Gasteiger partial charge in [-0.1, -0.05) is 23.7 Å². The number of amides is 1. The third-order valence-corrected chi connectivity index (χ3v) is 4.70. The van der Waals surface area contributed by atoms with Crippen molar-refractivity contribution in [3.63, 3.8) is 0 Å². The molecule has 0 bridgehead atoms. The molecule has 1 saturated carbocycles. The largest absolute Gasteiger partial charge is 0.385 e. The highest BCUT2D eigenvalue weighted by Crippen LogP contribution is 2.47. The molecule has 2 aliphatic rings. The molecule has 1 N–H and O–H groups in total. The number of rotatable bonds is 5. The molecule has 5 heteroatoms. The molecular weight excluding hydrogens is 288 g/mol. The first kappa shape index (κ1) is 14.8. The first-order chi connectivity index (χ1) is 10.1. The number of hydrogen-bond donors (Lipinski definition) is 1. The fraction of sp³-hybridized carbons (Fsp3) is 0.562. The average Bonchev–Trinajstić information content (AvgIpc) is 3.18. The topological polar surface area (TPSA) is 41.6 Å². The lowest BCUT2D eigenvalue weighted by Gasteiger charge is -2.30. The highest BCUT2D eigenvalue weighted by molar-refractivity contribution is 6.30. The van der Waals surface area contributed by atoms with E-state index in [1.165, 1.54) is 0 Å². The summed E-state index contributed by atoms with van der Waals surface area (Å²) in [4.78, 5) is 14.7. The van der Waals surface area contributed by atoms with Crippen molar-refractivity contribution >= 4 is 17.5 Å². The highest BCUT2D eigenvalue weighted by Gasteiger charge is 2.60. The van der Waals surface area contributed by atoms with Gasteiger partial charge in [0.1, 0.15) is 11.7 Å². The number of nitrogens with one attached hydrogen (secondary N) is 1. The summed E-state index contributed by atoms with van der Waals surface area (Å²) in [6, 6.07) is 7.87. The van der Waals surface area contributed by atoms with Crippen molar-refractivity contribution in [1.82, 2.24) is 10.2 Å². The Labute approximate surface area is 130 Å². The van der Waals surface area contributed by atoms with Crippen molar-refractivity contribution < 1.29 is 9.53 Å². The maximum atomic E-state index is 12.8. The predicted octanol–water partition coefficient (Wildman–Crippen LogP) is 2.73. The summed E-state index contributed by atoms with van der Waals surface area (Å²) in [5.41, 5.74) is 0.720. The predicted molar refractivity (Wildman–Crippen MR) is 82.1 cm³/mol. The van der Waals surface area contributed by atoms with Crippen LogP contribution >= 0.6 is 11.6 Å². The Hall–Kier alpha value is -1.10. The van der Waals surface area contributed by atoms with E-state index in [1.54, 1.807) is 7.11 Å². The maximum absolute atomic E-state index is 12.8. The lowest BCUT2D eigenvalue weighted by Crippen LogP contribution is -2.39. The van der Waals surface area contributed by atoms with Gasteiger partial charge in [-0.05, 0) is 43.9 Å². The van der Waals surface area contributed by atoms with Crippen LogP contribution in [0.3, 0.4) is 0 Å². The van der Waals surface area contributed by atoms with E-state index in [9.17, 15) is 4.79 Å². The summed E-state index contributed by atoms with van der Waals surface area (Å²) in [6.07, 6.45) is 2.59. The number of halogens is 1. The van der Waals surface area contributed by atoms with E-state index in [1.807, 2.05) is 29.2 Å². The van der Waals surface area contributed by atoms with Crippen LogP contribution in [0.15, 0.2) is 24.3 Å². The van der Waals surface area contributed by atoms with Crippen molar-refractivity contribution in [3.05, 3.63) is 34.9 Å². The first-order valence-electron chi connectivity index (χ1n) is 7.42. The van der Waals surface area contributed by atoms with Gasteiger partial charge >= 0.3 is 0 Å². The summed E-state index contributed by atoms with van der Waals surface area (Å²) >= 11 is 6.11. The minimum Gasteiger partial charge on any atom is -0.385 e. The molecule has 1 spiro atoms. The molecule has 2 atom stereocenters. The molecule has 2 unspecified atom stereocenters. The van der Waals surface area contributed by atoms with Gasteiger partial charge < -0.3 is 9.64 Å². The lowest BCUT2D eigenvalue weighted by atomic mass is 10.1. The molecule has 1 heterocycles. The van der Waals surface area contributed by atoms with Crippen LogP contribution in [0.4, 0.5) is 0 Å². The van der Waals surface area contributed by atoms with E-state index in [4.69, 9.17) is 16.3 Å². The normalized spacial score (nSPS) is 24.6. The van der Waals surface area contributed by atoms with Gasteiger partial charge in [-0.3, -0.25) is 10.1 Å². The Kier molecular flexibility index (Phi) is 3.95. The van der Waals surface area contributed by atoms with E-state index >= 15 is 0 Å². The smallest absolute Gasteiger partial charge is 0.244 e. The van der Waals surface area contributed by atoms with Gasteiger partial charge in [-0.15, -0.1) is 0 Å². The summed E-state index contributed by atoms with van der Waals surface area (Å²) in [7, 11) is 1.69. The van der Waals surface area contributed by atoms with Crippen molar-refractivity contribution in [2.24, 2.45) is 0 Å². The first-order valence-corrected chi connectivity index (χ1v) is 7.80. The van der Waals surface area contributed by atoms with Crippen molar-refractivity contribution in [1.29, 1.82) is 0 Å². The molecule has 114 valence electrons. The lowest BCUT2D eigenvalue weighted by molar-refractivity contribution is -0.133. The molecule has 1 aliphatic heterocycles. The van der Waals surface area contributed by atoms with Gasteiger partial charge in [0.05, 0.1) is 0 Å². The SMILES string of the molecule is COCCC(C)N1C(=O)C2(CC2)NC1c1cccc(Cl)c1. The minimum absolute atomic E-state index is 0.0921. The van der Waals surface area contributed by atoms with E-state index < -0.39 is 0 Å². The van der Waals surface area contributed by atoms with Gasteiger partial charge in [-0.2, -0.15) is 0 Å². The molecule has 0 radical (unpaired) electrons. The van der Waals surface area contributed by atoms with Gasteiger partial charge in [0.25, 0.3) is 0 Å². The summed E-state index contributed by atoms with van der Waals surface area (Å²) in [5, 5.41) is 4.22. The zero-order valence-corrected chi connectivity index (χ0v) is 13.2. The Bertz CT molecular complexity index is 545. The quantitative estimate of drug-likeness (QED) is 0.909. The molecule has 21 heavy (non-hydrogen) atoms. The molecule has 1 aromatic rings. The standard InChI is InChI=1S/C16H21ClN2O2/c1-11(6-9-21-2)19-14(12-4-3-5-13(17)10-12)18-16(7-8-16)15(19)20/h3-5,10-11,14,18H,6-9H2,1-2H3. The van der Waals surface area contributed by atoms with Gasteiger partial charge in [0.2, 0.25) is 5.91 Å². The van der Waals surface area contributed by atoms with Crippen LogP contribution in [0.2, 0.25) is 5.02 Å². The third kappa shape index (κ3) is 2.68. The van der Waals surface area contributed by atoms with E-state index in [2.05, 4.69) is 12.2 Å². The van der Waals surface area contributed by atoms with Crippen molar-refractivity contribution in [2.75, 3.05) is 13.7 Å². The van der Waals surface area contributed by atoms with Gasteiger partial charge in [-0.25, -0.2) is 0 Å². The van der Waals surface area contributed by atoms with Crippen LogP contribution in [0.5, 0.6) is 0 Å². The second-order valence-corrected chi connectivity index (χ2v) is 6.46. The van der Waals surface area contributed by atoms with Crippen molar-refractivity contribution in [3.8, 4) is 0 Å². The maximum Gasteiger partial charge on any atom is 0.244 e. The Morgan fingerprint density at radius 1 is 1.52 bits per heavy atom. The number of methoxy groups -OCH3 is 1. The highest BCUT2D eigenvalue weighted by atomic mass is 35.5. The fourth-order valence-corrected chi connectivity index (χ4v) is 3.24. The number of carbonyl (C=O) groups is 1. The Morgan fingerprint density at radius 3 is 2.90 bits per heavy atom. The van der Waals surface area contributed by atoms with E-state index in [0.717, 1.165) is 24.8 Å². The van der Waals surface area contributed by atoms with Crippen LogP contribution < -0.4 is 5.32 Å². The van der Waals surface area contributed by atoms with Crippen LogP contribution in [0.1, 0.15) is 37.9 Å². The second kappa shape index (κ2) is 5.59. The number of ether oxygens (including phenoxy) is 1. The van der Waals surface area contributed by atoms with E-state index in [-0.39, 0.29) is 23.7 Å². The van der Waals surface area contributed by atoms with Crippen LogP contribution in [0.25, 0.3) is 0 Å². The molecule has 3 rings (SSSR count). The minimum atomic E-state index is -0.325. The molecule has 0 aromatic heterocycles. The molecular formula is C16H21ClN2O2. The number of hydrogen-bond acceptors (Lipinski definition) is 3. The van der Waals surface area contributed by atoms with Crippen molar-refractivity contribution in [2.45, 2.75) is 43.9 Å². The van der Waals surface area contributed by atoms with Gasteiger partial charge in [0, 0.05) is 24.8 Å². The average molecular weight is 309 g/mol. The number of carbonyl (C=O) groups excluding carboxylic acids is 1. The van der Waals surface area contributed by atoms with Crippen LogP contribution in [-0.4, -0.2) is 36.1 Å². The Balaban J connectivity index is 1.88.